The molecule has 134 valence electrons. The van der Waals surface area contributed by atoms with Crippen LogP contribution in [0.25, 0.3) is 16.6 Å². The van der Waals surface area contributed by atoms with E-state index in [1.165, 1.54) is 0 Å². The molecule has 6 nitrogen and oxygen atoms in total. The first-order valence-electron chi connectivity index (χ1n) is 8.96. The van der Waals surface area contributed by atoms with Crippen molar-refractivity contribution in [2.24, 2.45) is 0 Å². The lowest BCUT2D eigenvalue weighted by atomic mass is 9.91. The monoisotopic (exact) mass is 358 g/mol. The number of nitrogens with zero attached hydrogens (tertiary/aromatic N) is 2. The van der Waals surface area contributed by atoms with Gasteiger partial charge in [-0.3, -0.25) is 9.59 Å². The first kappa shape index (κ1) is 15.8. The highest BCUT2D eigenvalue weighted by Gasteiger charge is 2.30. The molecule has 5 rings (SSSR count). The summed E-state index contributed by atoms with van der Waals surface area (Å²) in [6.07, 6.45) is 2.15. The molecule has 0 radical (unpaired) electrons. The van der Waals surface area contributed by atoms with Crippen LogP contribution in [0.1, 0.15) is 34.9 Å². The molecule has 0 saturated carbocycles. The van der Waals surface area contributed by atoms with Crippen molar-refractivity contribution in [1.82, 2.24) is 19.7 Å². The van der Waals surface area contributed by atoms with Gasteiger partial charge in [-0.1, -0.05) is 18.2 Å². The number of amides is 1. The van der Waals surface area contributed by atoms with E-state index in [9.17, 15) is 9.59 Å². The Hall–Kier alpha value is -3.41. The van der Waals surface area contributed by atoms with E-state index in [-0.39, 0.29) is 23.8 Å². The Morgan fingerprint density at radius 3 is 2.93 bits per heavy atom. The minimum atomic E-state index is -0.352. The molecule has 1 aliphatic heterocycles. The number of aromatic amines is 1. The lowest BCUT2D eigenvalue weighted by molar-refractivity contribution is -0.121. The first-order chi connectivity index (χ1) is 13.1. The normalized spacial score (nSPS) is 16.9. The topological polar surface area (TPSA) is 79.3 Å². The van der Waals surface area contributed by atoms with E-state index in [0.717, 1.165) is 33.5 Å². The Kier molecular flexibility index (Phi) is 3.40. The van der Waals surface area contributed by atoms with Gasteiger partial charge in [0.2, 0.25) is 5.91 Å². The second-order valence-electron chi connectivity index (χ2n) is 7.05. The van der Waals surface area contributed by atoms with Gasteiger partial charge in [0.05, 0.1) is 17.9 Å². The summed E-state index contributed by atoms with van der Waals surface area (Å²) in [4.78, 5) is 32.9. The largest absolute Gasteiger partial charge is 0.350 e. The Morgan fingerprint density at radius 2 is 2.04 bits per heavy atom. The van der Waals surface area contributed by atoms with Gasteiger partial charge in [-0.15, -0.1) is 0 Å². The molecule has 1 atom stereocenters. The molecular weight excluding hydrogens is 340 g/mol. The first-order valence-corrected chi connectivity index (χ1v) is 8.96. The SMILES string of the molecule is Cc1ccc2cc(C3CC(=O)NCc4nc5ccccn5c43)c(=O)[nH]c2c1. The number of hydrogen-bond acceptors (Lipinski definition) is 3. The fourth-order valence-corrected chi connectivity index (χ4v) is 3.95. The van der Waals surface area contributed by atoms with E-state index in [1.807, 2.05) is 60.0 Å². The zero-order valence-corrected chi connectivity index (χ0v) is 14.8. The molecule has 0 spiro atoms. The average molecular weight is 358 g/mol. The fourth-order valence-electron chi connectivity index (χ4n) is 3.95. The third-order valence-electron chi connectivity index (χ3n) is 5.22. The number of aryl methyl sites for hydroxylation is 1. The van der Waals surface area contributed by atoms with Crippen LogP contribution in [-0.4, -0.2) is 20.3 Å². The molecule has 2 N–H and O–H groups in total. The second kappa shape index (κ2) is 5.81. The standard InChI is InChI=1S/C21H18N4O2/c1-12-5-6-13-9-15(21(27)24-16(13)8-12)14-10-19(26)22-11-17-20(14)25-7-3-2-4-18(25)23-17/h2-9,14H,10-11H2,1H3,(H,22,26)(H,24,27). The predicted molar refractivity (Wildman–Crippen MR) is 103 cm³/mol. The molecule has 27 heavy (non-hydrogen) atoms. The van der Waals surface area contributed by atoms with Crippen molar-refractivity contribution in [3.8, 4) is 0 Å². The van der Waals surface area contributed by atoms with Gasteiger partial charge in [-0.05, 0) is 42.1 Å². The maximum atomic E-state index is 12.9. The summed E-state index contributed by atoms with van der Waals surface area (Å²) >= 11 is 0. The molecule has 3 aromatic heterocycles. The smallest absolute Gasteiger partial charge is 0.252 e. The van der Waals surface area contributed by atoms with Gasteiger partial charge < -0.3 is 14.7 Å². The van der Waals surface area contributed by atoms with Crippen LogP contribution < -0.4 is 10.9 Å². The predicted octanol–water partition coefficient (Wildman–Crippen LogP) is 2.64. The molecule has 0 bridgehead atoms. The quantitative estimate of drug-likeness (QED) is 0.549. The van der Waals surface area contributed by atoms with Crippen molar-refractivity contribution < 1.29 is 4.79 Å². The van der Waals surface area contributed by atoms with Crippen LogP contribution in [0.2, 0.25) is 0 Å². The molecule has 6 heteroatoms. The molecular formula is C21H18N4O2. The summed E-state index contributed by atoms with van der Waals surface area (Å²) in [6, 6.07) is 13.7. The lowest BCUT2D eigenvalue weighted by Crippen LogP contribution is -2.24. The van der Waals surface area contributed by atoms with Crippen molar-refractivity contribution in [2.75, 3.05) is 0 Å². The zero-order chi connectivity index (χ0) is 18.5. The van der Waals surface area contributed by atoms with Crippen LogP contribution in [0.4, 0.5) is 0 Å². The Morgan fingerprint density at radius 1 is 1.15 bits per heavy atom. The highest BCUT2D eigenvalue weighted by atomic mass is 16.1. The fraction of sp³-hybridized carbons (Fsp3) is 0.190. The van der Waals surface area contributed by atoms with E-state index < -0.39 is 0 Å². The van der Waals surface area contributed by atoms with E-state index in [4.69, 9.17) is 0 Å². The van der Waals surface area contributed by atoms with Crippen molar-refractivity contribution in [3.05, 3.63) is 81.5 Å². The van der Waals surface area contributed by atoms with E-state index in [0.29, 0.717) is 12.1 Å². The Bertz CT molecular complexity index is 1270. The maximum Gasteiger partial charge on any atom is 0.252 e. The highest BCUT2D eigenvalue weighted by molar-refractivity contribution is 5.81. The summed E-state index contributed by atoms with van der Waals surface area (Å²) in [5.74, 6) is -0.430. The van der Waals surface area contributed by atoms with Gasteiger partial charge in [0.15, 0.2) is 0 Å². The molecule has 1 unspecified atom stereocenters. The molecule has 1 amide bonds. The minimum Gasteiger partial charge on any atom is -0.350 e. The van der Waals surface area contributed by atoms with Crippen molar-refractivity contribution in [1.29, 1.82) is 0 Å². The van der Waals surface area contributed by atoms with Crippen molar-refractivity contribution in [2.45, 2.75) is 25.8 Å². The number of imidazole rings is 1. The molecule has 0 aliphatic carbocycles. The highest BCUT2D eigenvalue weighted by Crippen LogP contribution is 2.32. The third-order valence-corrected chi connectivity index (χ3v) is 5.22. The number of rotatable bonds is 1. The molecule has 0 fully saturated rings. The second-order valence-corrected chi connectivity index (χ2v) is 7.05. The summed E-state index contributed by atoms with van der Waals surface area (Å²) in [5.41, 5.74) is 4.85. The van der Waals surface area contributed by atoms with Gasteiger partial charge in [0, 0.05) is 29.6 Å². The number of nitrogens with one attached hydrogen (secondary N) is 2. The summed E-state index contributed by atoms with van der Waals surface area (Å²) in [6.45, 7) is 2.36. The van der Waals surface area contributed by atoms with Gasteiger partial charge in [-0.25, -0.2) is 4.98 Å². The van der Waals surface area contributed by atoms with Gasteiger partial charge in [0.25, 0.3) is 5.56 Å². The van der Waals surface area contributed by atoms with Crippen LogP contribution in [-0.2, 0) is 11.3 Å². The zero-order valence-electron chi connectivity index (χ0n) is 14.8. The van der Waals surface area contributed by atoms with Crippen LogP contribution in [0.15, 0.2) is 53.5 Å². The molecule has 0 saturated heterocycles. The summed E-state index contributed by atoms with van der Waals surface area (Å²) in [5, 5.41) is 3.85. The summed E-state index contributed by atoms with van der Waals surface area (Å²) < 4.78 is 1.99. The van der Waals surface area contributed by atoms with Crippen LogP contribution >= 0.6 is 0 Å². The van der Waals surface area contributed by atoms with Crippen molar-refractivity contribution in [3.63, 3.8) is 0 Å². The van der Waals surface area contributed by atoms with Crippen LogP contribution in [0.3, 0.4) is 0 Å². The number of benzene rings is 1. The number of hydrogen-bond donors (Lipinski definition) is 2. The average Bonchev–Trinajstić information content (AvgIpc) is 2.94. The molecule has 4 aromatic rings. The number of carbonyl (C=O) groups is 1. The minimum absolute atomic E-state index is 0.0777. The Labute approximate surface area is 154 Å². The molecule has 1 aliphatic rings. The van der Waals surface area contributed by atoms with Gasteiger partial charge in [0.1, 0.15) is 5.65 Å². The van der Waals surface area contributed by atoms with Crippen LogP contribution in [0.5, 0.6) is 0 Å². The van der Waals surface area contributed by atoms with Gasteiger partial charge in [-0.2, -0.15) is 0 Å². The number of H-pyrrole nitrogens is 1. The van der Waals surface area contributed by atoms with Gasteiger partial charge >= 0.3 is 0 Å². The van der Waals surface area contributed by atoms with E-state index in [1.54, 1.807) is 0 Å². The van der Waals surface area contributed by atoms with Crippen molar-refractivity contribution >= 4 is 22.5 Å². The summed E-state index contributed by atoms with van der Waals surface area (Å²) in [7, 11) is 0. The van der Waals surface area contributed by atoms with Crippen LogP contribution in [0, 0.1) is 6.92 Å². The number of aromatic nitrogens is 3. The number of fused-ring (bicyclic) bond motifs is 4. The number of pyridine rings is 2. The molecule has 1 aromatic carbocycles. The number of carbonyl (C=O) groups excluding carboxylic acids is 1. The lowest BCUT2D eigenvalue weighted by Gasteiger charge is -2.16. The van der Waals surface area contributed by atoms with E-state index in [2.05, 4.69) is 15.3 Å². The molecule has 4 heterocycles. The Balaban J connectivity index is 1.78. The maximum absolute atomic E-state index is 12.9. The third kappa shape index (κ3) is 2.52. The van der Waals surface area contributed by atoms with E-state index >= 15 is 0 Å².